The molecule has 15 heavy (non-hydrogen) atoms. The van der Waals surface area contributed by atoms with Gasteiger partial charge < -0.3 is 10.2 Å². The van der Waals surface area contributed by atoms with E-state index < -0.39 is 0 Å². The Labute approximate surface area is 94.9 Å². The standard InChI is InChI=1S/C10H18N4S/c1-11-6-3-7-14(2)10-12-9(13-15-10)8-4-5-8/h8,11H,3-7H2,1-2H3. The zero-order chi connectivity index (χ0) is 10.7. The van der Waals surface area contributed by atoms with Gasteiger partial charge >= 0.3 is 0 Å². The van der Waals surface area contributed by atoms with Crippen LogP contribution in [0.1, 0.15) is 31.0 Å². The van der Waals surface area contributed by atoms with Crippen molar-refractivity contribution in [2.75, 3.05) is 32.1 Å². The van der Waals surface area contributed by atoms with Crippen molar-refractivity contribution in [3.8, 4) is 0 Å². The van der Waals surface area contributed by atoms with Crippen molar-refractivity contribution in [3.63, 3.8) is 0 Å². The van der Waals surface area contributed by atoms with Crippen molar-refractivity contribution >= 4 is 16.7 Å². The molecule has 0 radical (unpaired) electrons. The third-order valence-corrected chi connectivity index (χ3v) is 3.46. The molecule has 0 aromatic carbocycles. The molecular weight excluding hydrogens is 208 g/mol. The van der Waals surface area contributed by atoms with Crippen LogP contribution in [0.4, 0.5) is 5.13 Å². The molecule has 1 aliphatic rings. The number of anilines is 1. The molecule has 0 bridgehead atoms. The van der Waals surface area contributed by atoms with E-state index in [2.05, 4.69) is 26.6 Å². The zero-order valence-corrected chi connectivity index (χ0v) is 10.2. The van der Waals surface area contributed by atoms with Crippen LogP contribution in [0, 0.1) is 0 Å². The first-order chi connectivity index (χ1) is 7.31. The Kier molecular flexibility index (Phi) is 3.53. The third-order valence-electron chi connectivity index (χ3n) is 2.62. The minimum Gasteiger partial charge on any atom is -0.350 e. The first-order valence-electron chi connectivity index (χ1n) is 5.50. The summed E-state index contributed by atoms with van der Waals surface area (Å²) < 4.78 is 4.40. The molecule has 0 atom stereocenters. The van der Waals surface area contributed by atoms with Crippen molar-refractivity contribution in [3.05, 3.63) is 5.82 Å². The lowest BCUT2D eigenvalue weighted by molar-refractivity contribution is 0.711. The Morgan fingerprint density at radius 2 is 2.33 bits per heavy atom. The van der Waals surface area contributed by atoms with Crippen molar-refractivity contribution in [2.24, 2.45) is 0 Å². The van der Waals surface area contributed by atoms with Crippen LogP contribution in [-0.4, -0.2) is 36.5 Å². The van der Waals surface area contributed by atoms with Crippen molar-refractivity contribution in [2.45, 2.75) is 25.2 Å². The highest BCUT2D eigenvalue weighted by Gasteiger charge is 2.28. The van der Waals surface area contributed by atoms with Gasteiger partial charge in [0.2, 0.25) is 5.13 Å². The van der Waals surface area contributed by atoms with Crippen LogP contribution in [0.2, 0.25) is 0 Å². The van der Waals surface area contributed by atoms with Crippen molar-refractivity contribution < 1.29 is 0 Å². The molecule has 1 saturated carbocycles. The lowest BCUT2D eigenvalue weighted by Crippen LogP contribution is -2.22. The highest BCUT2D eigenvalue weighted by Crippen LogP contribution is 2.39. The number of nitrogens with zero attached hydrogens (tertiary/aromatic N) is 3. The lowest BCUT2D eigenvalue weighted by Gasteiger charge is -2.14. The third kappa shape index (κ3) is 2.89. The first kappa shape index (κ1) is 10.8. The van der Waals surface area contributed by atoms with Gasteiger partial charge in [0.1, 0.15) is 5.82 Å². The molecule has 5 heteroatoms. The number of nitrogens with one attached hydrogen (secondary N) is 1. The Bertz CT molecular complexity index is 308. The van der Waals surface area contributed by atoms with Gasteiger partial charge in [-0.1, -0.05) is 0 Å². The van der Waals surface area contributed by atoms with E-state index in [-0.39, 0.29) is 0 Å². The van der Waals surface area contributed by atoms with E-state index in [9.17, 15) is 0 Å². The van der Waals surface area contributed by atoms with Crippen LogP contribution in [-0.2, 0) is 0 Å². The average Bonchev–Trinajstić information content (AvgIpc) is 2.97. The Hall–Kier alpha value is -0.680. The highest BCUT2D eigenvalue weighted by atomic mass is 32.1. The van der Waals surface area contributed by atoms with Crippen LogP contribution < -0.4 is 10.2 Å². The number of hydrogen-bond acceptors (Lipinski definition) is 5. The summed E-state index contributed by atoms with van der Waals surface area (Å²) in [6.07, 6.45) is 3.70. The van der Waals surface area contributed by atoms with E-state index in [1.807, 2.05) is 7.05 Å². The maximum Gasteiger partial charge on any atom is 0.204 e. The summed E-state index contributed by atoms with van der Waals surface area (Å²) in [7, 11) is 4.07. The van der Waals surface area contributed by atoms with Gasteiger partial charge in [0.15, 0.2) is 0 Å². The minimum absolute atomic E-state index is 0.667. The molecular formula is C10H18N4S. The summed E-state index contributed by atoms with van der Waals surface area (Å²) >= 11 is 1.53. The summed E-state index contributed by atoms with van der Waals surface area (Å²) in [4.78, 5) is 6.76. The molecule has 1 heterocycles. The van der Waals surface area contributed by atoms with Crippen LogP contribution >= 0.6 is 11.5 Å². The maximum atomic E-state index is 4.56. The van der Waals surface area contributed by atoms with Gasteiger partial charge in [-0.3, -0.25) is 0 Å². The fourth-order valence-corrected chi connectivity index (χ4v) is 2.21. The van der Waals surface area contributed by atoms with Gasteiger partial charge in [-0.05, 0) is 32.9 Å². The Balaban J connectivity index is 1.84. The SMILES string of the molecule is CNCCCN(C)c1nc(C2CC2)ns1. The molecule has 0 amide bonds. The monoisotopic (exact) mass is 226 g/mol. The predicted molar refractivity (Wildman–Crippen MR) is 63.7 cm³/mol. The first-order valence-corrected chi connectivity index (χ1v) is 6.28. The fraction of sp³-hybridized carbons (Fsp3) is 0.800. The van der Waals surface area contributed by atoms with Crippen molar-refractivity contribution in [1.82, 2.24) is 14.7 Å². The van der Waals surface area contributed by atoms with E-state index in [0.29, 0.717) is 5.92 Å². The van der Waals surface area contributed by atoms with Crippen LogP contribution in [0.25, 0.3) is 0 Å². The van der Waals surface area contributed by atoms with Gasteiger partial charge in [0.05, 0.1) is 0 Å². The van der Waals surface area contributed by atoms with Gasteiger partial charge in [0, 0.05) is 31.0 Å². The second-order valence-electron chi connectivity index (χ2n) is 4.09. The molecule has 2 rings (SSSR count). The summed E-state index contributed by atoms with van der Waals surface area (Å²) in [5.74, 6) is 1.73. The number of hydrogen-bond donors (Lipinski definition) is 1. The van der Waals surface area contributed by atoms with Gasteiger partial charge in [-0.2, -0.15) is 4.37 Å². The molecule has 1 aliphatic carbocycles. The quantitative estimate of drug-likeness (QED) is 0.746. The topological polar surface area (TPSA) is 41.0 Å². The fourth-order valence-electron chi connectivity index (χ4n) is 1.48. The largest absolute Gasteiger partial charge is 0.350 e. The van der Waals surface area contributed by atoms with E-state index >= 15 is 0 Å². The summed E-state index contributed by atoms with van der Waals surface area (Å²) in [5, 5.41) is 4.21. The van der Waals surface area contributed by atoms with Crippen LogP contribution in [0.3, 0.4) is 0 Å². The minimum atomic E-state index is 0.667. The molecule has 0 unspecified atom stereocenters. The van der Waals surface area contributed by atoms with Gasteiger partial charge in [-0.25, -0.2) is 4.98 Å². The molecule has 0 aliphatic heterocycles. The predicted octanol–water partition coefficient (Wildman–Crippen LogP) is 1.46. The van der Waals surface area contributed by atoms with Gasteiger partial charge in [-0.15, -0.1) is 0 Å². The number of rotatable bonds is 6. The average molecular weight is 226 g/mol. The molecule has 1 aromatic heterocycles. The van der Waals surface area contributed by atoms with E-state index in [4.69, 9.17) is 0 Å². The molecule has 84 valence electrons. The smallest absolute Gasteiger partial charge is 0.204 e. The maximum absolute atomic E-state index is 4.56. The summed E-state index contributed by atoms with van der Waals surface area (Å²) in [6, 6.07) is 0. The second-order valence-corrected chi connectivity index (χ2v) is 4.82. The van der Waals surface area contributed by atoms with Crippen molar-refractivity contribution in [1.29, 1.82) is 0 Å². The highest BCUT2D eigenvalue weighted by molar-refractivity contribution is 7.09. The normalized spacial score (nSPS) is 15.6. The molecule has 4 nitrogen and oxygen atoms in total. The van der Waals surface area contributed by atoms with Crippen LogP contribution in [0.15, 0.2) is 0 Å². The zero-order valence-electron chi connectivity index (χ0n) is 9.36. The van der Waals surface area contributed by atoms with Gasteiger partial charge in [0.25, 0.3) is 0 Å². The van der Waals surface area contributed by atoms with E-state index in [1.165, 1.54) is 24.4 Å². The Morgan fingerprint density at radius 3 is 3.00 bits per heavy atom. The van der Waals surface area contributed by atoms with Crippen LogP contribution in [0.5, 0.6) is 0 Å². The summed E-state index contributed by atoms with van der Waals surface area (Å²) in [6.45, 7) is 2.10. The molecule has 1 aromatic rings. The van der Waals surface area contributed by atoms with E-state index in [1.54, 1.807) is 0 Å². The van der Waals surface area contributed by atoms with E-state index in [0.717, 1.165) is 30.5 Å². The number of aromatic nitrogens is 2. The summed E-state index contributed by atoms with van der Waals surface area (Å²) in [5.41, 5.74) is 0. The lowest BCUT2D eigenvalue weighted by atomic mass is 10.4. The Morgan fingerprint density at radius 1 is 1.53 bits per heavy atom. The molecule has 1 N–H and O–H groups in total. The second kappa shape index (κ2) is 4.90. The molecule has 0 spiro atoms. The molecule has 0 saturated heterocycles. The molecule has 1 fully saturated rings.